The predicted octanol–water partition coefficient (Wildman–Crippen LogP) is 3.61. The summed E-state index contributed by atoms with van der Waals surface area (Å²) < 4.78 is 27.3. The number of sulfonamides is 1. The Bertz CT molecular complexity index is 1120. The Morgan fingerprint density at radius 1 is 1.33 bits per heavy atom. The zero-order valence-electron chi connectivity index (χ0n) is 19.1. The summed E-state index contributed by atoms with van der Waals surface area (Å²) in [5.41, 5.74) is 1.46. The van der Waals surface area contributed by atoms with Gasteiger partial charge in [0.05, 0.1) is 10.6 Å². The molecule has 178 valence electrons. The lowest BCUT2D eigenvalue weighted by molar-refractivity contribution is -0.117. The largest absolute Gasteiger partial charge is 0.300 e. The Kier molecular flexibility index (Phi) is 7.45. The normalized spacial score (nSPS) is 20.4. The van der Waals surface area contributed by atoms with E-state index in [2.05, 4.69) is 31.8 Å². The molecule has 0 spiro atoms. The Morgan fingerprint density at radius 3 is 2.85 bits per heavy atom. The molecular weight excluding hydrogens is 458 g/mol. The number of nitrogens with zero attached hydrogens (tertiary/aromatic N) is 3. The van der Waals surface area contributed by atoms with Crippen LogP contribution in [0.1, 0.15) is 57.2 Å². The lowest BCUT2D eigenvalue weighted by atomic mass is 9.99. The monoisotopic (exact) mass is 489 g/mol. The van der Waals surface area contributed by atoms with Gasteiger partial charge in [0, 0.05) is 17.5 Å². The van der Waals surface area contributed by atoms with Gasteiger partial charge in [0.25, 0.3) is 15.9 Å². The quantitative estimate of drug-likeness (QED) is 0.590. The molecule has 3 heterocycles. The maximum absolute atomic E-state index is 13.1. The number of hydrogen-bond donors (Lipinski definition) is 2. The summed E-state index contributed by atoms with van der Waals surface area (Å²) >= 11 is 1.41. The van der Waals surface area contributed by atoms with Gasteiger partial charge in [0.2, 0.25) is 0 Å². The molecule has 1 amide bonds. The fourth-order valence-electron chi connectivity index (χ4n) is 4.11. The first-order chi connectivity index (χ1) is 15.9. The van der Waals surface area contributed by atoms with Gasteiger partial charge in [-0.05, 0) is 50.4 Å². The molecule has 1 saturated heterocycles. The molecule has 2 aromatic rings. The third-order valence-electron chi connectivity index (χ3n) is 6.13. The minimum absolute atomic E-state index is 0.190. The van der Waals surface area contributed by atoms with Gasteiger partial charge in [0.15, 0.2) is 5.13 Å². The van der Waals surface area contributed by atoms with Gasteiger partial charge in [-0.3, -0.25) is 19.4 Å². The Labute approximate surface area is 199 Å². The molecule has 1 aromatic heterocycles. The zero-order valence-corrected chi connectivity index (χ0v) is 20.7. The van der Waals surface area contributed by atoms with Crippen molar-refractivity contribution in [1.29, 1.82) is 0 Å². The fraction of sp³-hybridized carbons (Fsp3) is 0.522. The van der Waals surface area contributed by atoms with E-state index >= 15 is 0 Å². The average molecular weight is 490 g/mol. The second-order valence-corrected chi connectivity index (χ2v) is 11.3. The van der Waals surface area contributed by atoms with E-state index in [0.717, 1.165) is 44.1 Å². The Hall–Kier alpha value is -2.30. The summed E-state index contributed by atoms with van der Waals surface area (Å²) in [5.74, 6) is 0.734. The first-order valence-corrected chi connectivity index (χ1v) is 13.9. The summed E-state index contributed by atoms with van der Waals surface area (Å²) in [6.45, 7) is 7.29. The summed E-state index contributed by atoms with van der Waals surface area (Å²) in [6, 6.07) is 5.98. The SMILES string of the molecule is CCCCC(N=C1NS(=O)(=O)c2ccccc21)C(=O)Nc1nc(CN2CCC(C)CC2)cs1. The molecule has 1 atom stereocenters. The van der Waals surface area contributed by atoms with E-state index < -0.39 is 16.1 Å². The number of fused-ring (bicyclic) bond motifs is 1. The van der Waals surface area contributed by atoms with Crippen molar-refractivity contribution < 1.29 is 13.2 Å². The molecule has 8 nitrogen and oxygen atoms in total. The maximum Gasteiger partial charge on any atom is 0.263 e. The van der Waals surface area contributed by atoms with E-state index in [1.165, 1.54) is 24.2 Å². The van der Waals surface area contributed by atoms with Crippen LogP contribution in [0.2, 0.25) is 0 Å². The molecule has 10 heteroatoms. The number of carbonyl (C=O) groups excluding carboxylic acids is 1. The highest BCUT2D eigenvalue weighted by molar-refractivity contribution is 7.90. The van der Waals surface area contributed by atoms with Crippen LogP contribution in [0, 0.1) is 5.92 Å². The van der Waals surface area contributed by atoms with Gasteiger partial charge in [-0.15, -0.1) is 11.3 Å². The number of aliphatic imine (C=N–C) groups is 1. The third-order valence-corrected chi connectivity index (χ3v) is 8.33. The van der Waals surface area contributed by atoms with Crippen molar-refractivity contribution in [2.24, 2.45) is 10.9 Å². The van der Waals surface area contributed by atoms with E-state index in [4.69, 9.17) is 0 Å². The number of thiazole rings is 1. The van der Waals surface area contributed by atoms with Crippen molar-refractivity contribution in [3.63, 3.8) is 0 Å². The van der Waals surface area contributed by atoms with Crippen LogP contribution in [-0.4, -0.2) is 49.2 Å². The maximum atomic E-state index is 13.1. The number of amidine groups is 1. The van der Waals surface area contributed by atoms with Crippen LogP contribution in [-0.2, 0) is 21.4 Å². The van der Waals surface area contributed by atoms with E-state index in [9.17, 15) is 13.2 Å². The number of likely N-dealkylation sites (tertiary alicyclic amines) is 1. The molecule has 2 N–H and O–H groups in total. The van der Waals surface area contributed by atoms with Gasteiger partial charge in [-0.25, -0.2) is 13.4 Å². The smallest absolute Gasteiger partial charge is 0.263 e. The summed E-state index contributed by atoms with van der Waals surface area (Å²) in [6.07, 6.45) is 4.66. The molecule has 2 aliphatic heterocycles. The van der Waals surface area contributed by atoms with Crippen LogP contribution in [0.5, 0.6) is 0 Å². The molecule has 4 rings (SSSR count). The van der Waals surface area contributed by atoms with E-state index in [-0.39, 0.29) is 16.6 Å². The number of piperidine rings is 1. The van der Waals surface area contributed by atoms with Crippen LogP contribution >= 0.6 is 11.3 Å². The first kappa shape index (κ1) is 23.8. The first-order valence-electron chi connectivity index (χ1n) is 11.5. The van der Waals surface area contributed by atoms with E-state index in [1.54, 1.807) is 24.3 Å². The van der Waals surface area contributed by atoms with Gasteiger partial charge >= 0.3 is 0 Å². The predicted molar refractivity (Wildman–Crippen MR) is 131 cm³/mol. The summed E-state index contributed by atoms with van der Waals surface area (Å²) in [7, 11) is -3.65. The molecule has 0 saturated carbocycles. The molecule has 0 bridgehead atoms. The van der Waals surface area contributed by atoms with Crippen LogP contribution in [0.25, 0.3) is 0 Å². The Morgan fingerprint density at radius 2 is 2.09 bits per heavy atom. The van der Waals surface area contributed by atoms with Crippen molar-refractivity contribution in [3.05, 3.63) is 40.9 Å². The van der Waals surface area contributed by atoms with Crippen molar-refractivity contribution in [2.75, 3.05) is 18.4 Å². The second-order valence-electron chi connectivity index (χ2n) is 8.83. The number of anilines is 1. The average Bonchev–Trinajstić information content (AvgIpc) is 3.34. The molecular formula is C23H31N5O3S2. The van der Waals surface area contributed by atoms with Gasteiger partial charge < -0.3 is 5.32 Å². The van der Waals surface area contributed by atoms with Crippen molar-refractivity contribution in [2.45, 2.75) is 63.4 Å². The third kappa shape index (κ3) is 5.80. The Balaban J connectivity index is 1.46. The van der Waals surface area contributed by atoms with E-state index in [1.807, 2.05) is 12.3 Å². The number of carbonyl (C=O) groups is 1. The van der Waals surface area contributed by atoms with Crippen molar-refractivity contribution in [3.8, 4) is 0 Å². The number of amides is 1. The van der Waals surface area contributed by atoms with Crippen LogP contribution in [0.4, 0.5) is 5.13 Å². The van der Waals surface area contributed by atoms with Gasteiger partial charge in [0.1, 0.15) is 11.9 Å². The minimum Gasteiger partial charge on any atom is -0.300 e. The van der Waals surface area contributed by atoms with Gasteiger partial charge in [-0.1, -0.05) is 38.8 Å². The lowest BCUT2D eigenvalue weighted by Crippen LogP contribution is -2.32. The van der Waals surface area contributed by atoms with E-state index in [0.29, 0.717) is 17.1 Å². The van der Waals surface area contributed by atoms with Crippen LogP contribution in [0.3, 0.4) is 0 Å². The standard InChI is InChI=1S/C23H31N5O3S2/c1-3-4-8-19(25-21-18-7-5-6-9-20(18)33(30,31)27-21)22(29)26-23-24-17(15-32-23)14-28-12-10-16(2)11-13-28/h5-7,9,15-16,19H,3-4,8,10-14H2,1-2H3,(H,25,27)(H,24,26,29). The molecule has 33 heavy (non-hydrogen) atoms. The van der Waals surface area contributed by atoms with Gasteiger partial charge in [-0.2, -0.15) is 0 Å². The molecule has 1 fully saturated rings. The number of hydrogen-bond acceptors (Lipinski definition) is 7. The van der Waals surface area contributed by atoms with Crippen molar-refractivity contribution >= 4 is 38.2 Å². The summed E-state index contributed by atoms with van der Waals surface area (Å²) in [4.78, 5) is 24.8. The number of benzene rings is 1. The highest BCUT2D eigenvalue weighted by Crippen LogP contribution is 2.24. The molecule has 0 radical (unpaired) electrons. The molecule has 1 aromatic carbocycles. The highest BCUT2D eigenvalue weighted by atomic mass is 32.2. The van der Waals surface area contributed by atoms with Crippen LogP contribution < -0.4 is 10.0 Å². The zero-order chi connectivity index (χ0) is 23.4. The number of aromatic nitrogens is 1. The number of rotatable bonds is 8. The summed E-state index contributed by atoms with van der Waals surface area (Å²) in [5, 5.41) is 5.44. The topological polar surface area (TPSA) is 104 Å². The fourth-order valence-corrected chi connectivity index (χ4v) is 6.06. The molecule has 0 aliphatic carbocycles. The van der Waals surface area contributed by atoms with Crippen molar-refractivity contribution in [1.82, 2.24) is 14.6 Å². The lowest BCUT2D eigenvalue weighted by Gasteiger charge is -2.29. The molecule has 2 aliphatic rings. The number of unbranched alkanes of at least 4 members (excludes halogenated alkanes) is 1. The number of nitrogens with one attached hydrogen (secondary N) is 2. The minimum atomic E-state index is -3.65. The second kappa shape index (κ2) is 10.3. The highest BCUT2D eigenvalue weighted by Gasteiger charge is 2.32. The molecule has 1 unspecified atom stereocenters. The van der Waals surface area contributed by atoms with Crippen LogP contribution in [0.15, 0.2) is 39.5 Å².